The first-order chi connectivity index (χ1) is 13.5. The van der Waals surface area contributed by atoms with Crippen molar-refractivity contribution in [1.29, 1.82) is 0 Å². The lowest BCUT2D eigenvalue weighted by Gasteiger charge is -2.17. The molecule has 144 valence electrons. The number of aromatic amines is 1. The standard InChI is InChI=1S/C21H21FN4O2/c1-13-7-15-8-14(5-6-19(15)24-13)11-23-21(28)25-17-10-20(27)26(12-17)18-4-2-3-16(22)9-18/h2-9,17,24H,10-12H2,1H3,(H2,23,25,28)/t17-/m0/s1. The Hall–Kier alpha value is -3.35. The van der Waals surface area contributed by atoms with Crippen LogP contribution < -0.4 is 15.5 Å². The minimum atomic E-state index is -0.394. The smallest absolute Gasteiger partial charge is 0.315 e. The first kappa shape index (κ1) is 18.0. The molecule has 0 bridgehead atoms. The van der Waals surface area contributed by atoms with Crippen LogP contribution in [0.15, 0.2) is 48.5 Å². The van der Waals surface area contributed by atoms with Gasteiger partial charge in [-0.1, -0.05) is 12.1 Å². The fraction of sp³-hybridized carbons (Fsp3) is 0.238. The molecule has 4 rings (SSSR count). The van der Waals surface area contributed by atoms with Gasteiger partial charge < -0.3 is 20.5 Å². The van der Waals surface area contributed by atoms with Crippen molar-refractivity contribution >= 4 is 28.5 Å². The van der Waals surface area contributed by atoms with E-state index in [1.54, 1.807) is 12.1 Å². The van der Waals surface area contributed by atoms with Crippen LogP contribution >= 0.6 is 0 Å². The molecule has 1 atom stereocenters. The van der Waals surface area contributed by atoms with E-state index >= 15 is 0 Å². The quantitative estimate of drug-likeness (QED) is 0.650. The second-order valence-corrected chi connectivity index (χ2v) is 7.09. The van der Waals surface area contributed by atoms with Gasteiger partial charge in [0, 0.05) is 36.4 Å². The Morgan fingerprint density at radius 2 is 2.11 bits per heavy atom. The van der Waals surface area contributed by atoms with E-state index in [9.17, 15) is 14.0 Å². The van der Waals surface area contributed by atoms with Crippen LogP contribution in [0.3, 0.4) is 0 Å². The van der Waals surface area contributed by atoms with Crippen LogP contribution in [0.1, 0.15) is 17.7 Å². The molecule has 3 amide bonds. The Kier molecular flexibility index (Phi) is 4.73. The molecule has 1 fully saturated rings. The van der Waals surface area contributed by atoms with Gasteiger partial charge in [0.05, 0.1) is 6.04 Å². The summed E-state index contributed by atoms with van der Waals surface area (Å²) in [6.45, 7) is 2.71. The third-order valence-corrected chi connectivity index (χ3v) is 4.85. The molecule has 0 saturated carbocycles. The van der Waals surface area contributed by atoms with Gasteiger partial charge in [-0.2, -0.15) is 0 Å². The zero-order valence-corrected chi connectivity index (χ0v) is 15.5. The van der Waals surface area contributed by atoms with Gasteiger partial charge in [0.25, 0.3) is 0 Å². The van der Waals surface area contributed by atoms with Gasteiger partial charge in [0.2, 0.25) is 5.91 Å². The highest BCUT2D eigenvalue weighted by Crippen LogP contribution is 2.22. The highest BCUT2D eigenvalue weighted by atomic mass is 19.1. The molecule has 0 radical (unpaired) electrons. The number of amides is 3. The molecule has 7 heteroatoms. The van der Waals surface area contributed by atoms with Crippen LogP contribution in [-0.2, 0) is 11.3 Å². The van der Waals surface area contributed by atoms with Crippen LogP contribution in [0, 0.1) is 12.7 Å². The van der Waals surface area contributed by atoms with Crippen molar-refractivity contribution in [2.75, 3.05) is 11.4 Å². The SMILES string of the molecule is Cc1cc2cc(CNC(=O)N[C@H]3CC(=O)N(c4cccc(F)c4)C3)ccc2[nH]1. The lowest BCUT2D eigenvalue weighted by atomic mass is 10.1. The van der Waals surface area contributed by atoms with Crippen molar-refractivity contribution in [1.82, 2.24) is 15.6 Å². The third-order valence-electron chi connectivity index (χ3n) is 4.85. The summed E-state index contributed by atoms with van der Waals surface area (Å²) in [4.78, 5) is 29.2. The van der Waals surface area contributed by atoms with Crippen molar-refractivity contribution in [2.24, 2.45) is 0 Å². The molecule has 28 heavy (non-hydrogen) atoms. The summed E-state index contributed by atoms with van der Waals surface area (Å²) < 4.78 is 13.4. The number of urea groups is 1. The Labute approximate surface area is 161 Å². The second kappa shape index (κ2) is 7.34. The zero-order chi connectivity index (χ0) is 19.7. The van der Waals surface area contributed by atoms with E-state index in [0.717, 1.165) is 22.2 Å². The molecule has 3 aromatic rings. The van der Waals surface area contributed by atoms with Crippen molar-refractivity contribution in [2.45, 2.75) is 25.9 Å². The zero-order valence-electron chi connectivity index (χ0n) is 15.5. The monoisotopic (exact) mass is 380 g/mol. The number of halogens is 1. The lowest BCUT2D eigenvalue weighted by molar-refractivity contribution is -0.117. The number of benzene rings is 2. The number of aromatic nitrogens is 1. The van der Waals surface area contributed by atoms with Gasteiger partial charge in [-0.25, -0.2) is 9.18 Å². The van der Waals surface area contributed by atoms with E-state index in [4.69, 9.17) is 0 Å². The molecule has 1 aliphatic heterocycles. The van der Waals surface area contributed by atoms with E-state index < -0.39 is 5.82 Å². The number of fused-ring (bicyclic) bond motifs is 1. The number of hydrogen-bond acceptors (Lipinski definition) is 2. The van der Waals surface area contributed by atoms with E-state index in [0.29, 0.717) is 18.8 Å². The maximum Gasteiger partial charge on any atom is 0.315 e. The Balaban J connectivity index is 1.32. The van der Waals surface area contributed by atoms with E-state index in [-0.39, 0.29) is 24.4 Å². The summed E-state index contributed by atoms with van der Waals surface area (Å²) in [5.74, 6) is -0.529. The molecule has 0 unspecified atom stereocenters. The maximum atomic E-state index is 13.4. The van der Waals surface area contributed by atoms with Crippen LogP contribution in [0.2, 0.25) is 0 Å². The summed E-state index contributed by atoms with van der Waals surface area (Å²) in [6, 6.07) is 13.3. The van der Waals surface area contributed by atoms with Crippen molar-refractivity contribution in [3.8, 4) is 0 Å². The van der Waals surface area contributed by atoms with E-state index in [1.165, 1.54) is 17.0 Å². The van der Waals surface area contributed by atoms with Crippen LogP contribution in [0.4, 0.5) is 14.9 Å². The molecular weight excluding hydrogens is 359 g/mol. The molecule has 2 aromatic carbocycles. The molecular formula is C21H21FN4O2. The minimum Gasteiger partial charge on any atom is -0.359 e. The number of carbonyl (C=O) groups excluding carboxylic acids is 2. The number of hydrogen-bond donors (Lipinski definition) is 3. The van der Waals surface area contributed by atoms with Crippen molar-refractivity contribution in [3.05, 3.63) is 65.6 Å². The largest absolute Gasteiger partial charge is 0.359 e. The lowest BCUT2D eigenvalue weighted by Crippen LogP contribution is -2.43. The maximum absolute atomic E-state index is 13.4. The second-order valence-electron chi connectivity index (χ2n) is 7.09. The van der Waals surface area contributed by atoms with Gasteiger partial charge >= 0.3 is 6.03 Å². The number of rotatable bonds is 4. The summed E-state index contributed by atoms with van der Waals surface area (Å²) >= 11 is 0. The fourth-order valence-corrected chi connectivity index (χ4v) is 3.55. The number of H-pyrrole nitrogens is 1. The molecule has 6 nitrogen and oxygen atoms in total. The van der Waals surface area contributed by atoms with Crippen molar-refractivity contribution < 1.29 is 14.0 Å². The predicted octanol–water partition coefficient (Wildman–Crippen LogP) is 3.22. The molecule has 2 heterocycles. The Morgan fingerprint density at radius 3 is 2.93 bits per heavy atom. The number of nitrogens with zero attached hydrogens (tertiary/aromatic N) is 1. The van der Waals surface area contributed by atoms with Crippen molar-refractivity contribution in [3.63, 3.8) is 0 Å². The number of nitrogens with one attached hydrogen (secondary N) is 3. The van der Waals surface area contributed by atoms with Crippen LogP contribution in [0.25, 0.3) is 10.9 Å². The highest BCUT2D eigenvalue weighted by Gasteiger charge is 2.31. The van der Waals surface area contributed by atoms with Crippen LogP contribution in [-0.4, -0.2) is 29.5 Å². The average Bonchev–Trinajstić information content (AvgIpc) is 3.20. The number of anilines is 1. The molecule has 0 spiro atoms. The summed E-state index contributed by atoms with van der Waals surface area (Å²) in [5.41, 5.74) is 3.65. The van der Waals surface area contributed by atoms with Crippen LogP contribution in [0.5, 0.6) is 0 Å². The molecule has 3 N–H and O–H groups in total. The van der Waals surface area contributed by atoms with E-state index in [2.05, 4.69) is 21.7 Å². The van der Waals surface area contributed by atoms with Gasteiger partial charge in [-0.15, -0.1) is 0 Å². The van der Waals surface area contributed by atoms with Gasteiger partial charge in [-0.05, 0) is 54.3 Å². The first-order valence-electron chi connectivity index (χ1n) is 9.16. The third kappa shape index (κ3) is 3.83. The average molecular weight is 380 g/mol. The normalized spacial score (nSPS) is 16.6. The fourth-order valence-electron chi connectivity index (χ4n) is 3.55. The summed E-state index contributed by atoms with van der Waals surface area (Å²) in [6.07, 6.45) is 0.193. The Bertz CT molecular complexity index is 1050. The predicted molar refractivity (Wildman–Crippen MR) is 106 cm³/mol. The molecule has 1 aliphatic rings. The topological polar surface area (TPSA) is 77.2 Å². The molecule has 1 aromatic heterocycles. The summed E-state index contributed by atoms with van der Waals surface area (Å²) in [5, 5.41) is 6.75. The molecule has 0 aliphatic carbocycles. The Morgan fingerprint density at radius 1 is 1.25 bits per heavy atom. The summed E-state index contributed by atoms with van der Waals surface area (Å²) in [7, 11) is 0. The number of aryl methyl sites for hydroxylation is 1. The molecule has 1 saturated heterocycles. The van der Waals surface area contributed by atoms with Gasteiger partial charge in [0.1, 0.15) is 5.82 Å². The first-order valence-corrected chi connectivity index (χ1v) is 9.16. The van der Waals surface area contributed by atoms with Gasteiger partial charge in [-0.3, -0.25) is 4.79 Å². The number of carbonyl (C=O) groups is 2. The highest BCUT2D eigenvalue weighted by molar-refractivity contribution is 5.96. The van der Waals surface area contributed by atoms with E-state index in [1.807, 2.05) is 25.1 Å². The minimum absolute atomic E-state index is 0.135. The van der Waals surface area contributed by atoms with Gasteiger partial charge in [0.15, 0.2) is 0 Å².